The highest BCUT2D eigenvalue weighted by molar-refractivity contribution is 9.10. The predicted molar refractivity (Wildman–Crippen MR) is 91.5 cm³/mol. The van der Waals surface area contributed by atoms with Crippen molar-refractivity contribution in [1.82, 2.24) is 0 Å². The summed E-state index contributed by atoms with van der Waals surface area (Å²) in [4.78, 5) is 12.3. The van der Waals surface area contributed by atoms with Gasteiger partial charge >= 0.3 is 0 Å². The van der Waals surface area contributed by atoms with Gasteiger partial charge in [0.15, 0.2) is 17.3 Å². The molecule has 0 saturated carbocycles. The maximum atomic E-state index is 12.3. The van der Waals surface area contributed by atoms with E-state index in [1.165, 1.54) is 6.08 Å². The Morgan fingerprint density at radius 2 is 1.91 bits per heavy atom. The zero-order valence-corrected chi connectivity index (χ0v) is 14.1. The lowest BCUT2D eigenvalue weighted by atomic mass is 10.1. The van der Waals surface area contributed by atoms with Crippen LogP contribution in [0.5, 0.6) is 17.2 Å². The van der Waals surface area contributed by atoms with Crippen molar-refractivity contribution in [1.29, 1.82) is 0 Å². The van der Waals surface area contributed by atoms with E-state index in [2.05, 4.69) is 15.9 Å². The second-order valence-corrected chi connectivity index (χ2v) is 5.86. The van der Waals surface area contributed by atoms with Crippen LogP contribution < -0.4 is 14.2 Å². The third-order valence-corrected chi connectivity index (χ3v) is 3.88. The van der Waals surface area contributed by atoms with Crippen LogP contribution in [-0.4, -0.2) is 26.1 Å². The van der Waals surface area contributed by atoms with Crippen LogP contribution in [0.3, 0.4) is 0 Å². The average Bonchev–Trinajstić information content (AvgIpc) is 2.59. The van der Waals surface area contributed by atoms with Crippen LogP contribution in [0.15, 0.2) is 46.9 Å². The summed E-state index contributed by atoms with van der Waals surface area (Å²) in [7, 11) is 1.59. The standard InChI is InChI=1S/C18H15BrO4/c1-21-15-5-2-12(3-6-15)16(20)7-4-13-10-14(19)11-17-18(13)23-9-8-22-17/h2-7,10-11H,8-9H2,1H3/b7-4+. The lowest BCUT2D eigenvalue weighted by Crippen LogP contribution is -2.16. The van der Waals surface area contributed by atoms with E-state index in [9.17, 15) is 4.79 Å². The highest BCUT2D eigenvalue weighted by atomic mass is 79.9. The molecule has 0 unspecified atom stereocenters. The fourth-order valence-corrected chi connectivity index (χ4v) is 2.74. The summed E-state index contributed by atoms with van der Waals surface area (Å²) in [5.41, 5.74) is 1.40. The van der Waals surface area contributed by atoms with E-state index in [0.29, 0.717) is 30.3 Å². The van der Waals surface area contributed by atoms with Crippen molar-refractivity contribution in [2.24, 2.45) is 0 Å². The average molecular weight is 375 g/mol. The molecule has 118 valence electrons. The van der Waals surface area contributed by atoms with Gasteiger partial charge in [0.1, 0.15) is 19.0 Å². The minimum absolute atomic E-state index is 0.0851. The molecule has 0 N–H and O–H groups in total. The molecule has 1 aliphatic heterocycles. The molecule has 2 aromatic carbocycles. The molecule has 0 aliphatic carbocycles. The summed E-state index contributed by atoms with van der Waals surface area (Å²) >= 11 is 3.44. The van der Waals surface area contributed by atoms with E-state index < -0.39 is 0 Å². The number of halogens is 1. The smallest absolute Gasteiger partial charge is 0.185 e. The van der Waals surface area contributed by atoms with Crippen LogP contribution in [0.1, 0.15) is 15.9 Å². The molecule has 1 heterocycles. The number of carbonyl (C=O) groups is 1. The lowest BCUT2D eigenvalue weighted by molar-refractivity contribution is 0.104. The SMILES string of the molecule is COc1ccc(C(=O)/C=C/c2cc(Br)cc3c2OCCO3)cc1. The molecular formula is C18H15BrO4. The van der Waals surface area contributed by atoms with Crippen molar-refractivity contribution in [3.63, 3.8) is 0 Å². The topological polar surface area (TPSA) is 44.8 Å². The largest absolute Gasteiger partial charge is 0.497 e. The van der Waals surface area contributed by atoms with Crippen molar-refractivity contribution in [2.75, 3.05) is 20.3 Å². The Labute approximate surface area is 142 Å². The number of hydrogen-bond donors (Lipinski definition) is 0. The first-order chi connectivity index (χ1) is 11.2. The Morgan fingerprint density at radius 1 is 1.17 bits per heavy atom. The van der Waals surface area contributed by atoms with Gasteiger partial charge in [0.2, 0.25) is 0 Å². The van der Waals surface area contributed by atoms with Gasteiger partial charge in [0.05, 0.1) is 7.11 Å². The van der Waals surface area contributed by atoms with Crippen LogP contribution >= 0.6 is 15.9 Å². The summed E-state index contributed by atoms with van der Waals surface area (Å²) < 4.78 is 17.2. The first-order valence-corrected chi connectivity index (χ1v) is 7.92. The van der Waals surface area contributed by atoms with Gasteiger partial charge < -0.3 is 14.2 Å². The first-order valence-electron chi connectivity index (χ1n) is 7.13. The van der Waals surface area contributed by atoms with Crippen molar-refractivity contribution in [3.8, 4) is 17.2 Å². The maximum absolute atomic E-state index is 12.3. The molecule has 2 aromatic rings. The van der Waals surface area contributed by atoms with Gasteiger partial charge in [-0.3, -0.25) is 4.79 Å². The molecule has 0 saturated heterocycles. The molecule has 0 bridgehead atoms. The van der Waals surface area contributed by atoms with Crippen molar-refractivity contribution in [3.05, 3.63) is 58.1 Å². The quantitative estimate of drug-likeness (QED) is 0.596. The highest BCUT2D eigenvalue weighted by Crippen LogP contribution is 2.37. The molecule has 3 rings (SSSR count). The molecule has 0 radical (unpaired) electrons. The maximum Gasteiger partial charge on any atom is 0.185 e. The Hall–Kier alpha value is -2.27. The molecule has 4 nitrogen and oxygen atoms in total. The highest BCUT2D eigenvalue weighted by Gasteiger charge is 2.16. The molecule has 0 atom stereocenters. The molecule has 0 aromatic heterocycles. The summed E-state index contributed by atoms with van der Waals surface area (Å²) in [6, 6.07) is 10.8. The second kappa shape index (κ2) is 6.87. The van der Waals surface area contributed by atoms with Crippen LogP contribution in [0.4, 0.5) is 0 Å². The number of allylic oxidation sites excluding steroid dienone is 1. The number of ketones is 1. The number of methoxy groups -OCH3 is 1. The molecule has 23 heavy (non-hydrogen) atoms. The van der Waals surface area contributed by atoms with Gasteiger partial charge in [0, 0.05) is 15.6 Å². The Balaban J connectivity index is 1.84. The summed E-state index contributed by atoms with van der Waals surface area (Å²) in [6.45, 7) is 1.03. The molecule has 5 heteroatoms. The number of ether oxygens (including phenoxy) is 3. The van der Waals surface area contributed by atoms with E-state index >= 15 is 0 Å². The molecular weight excluding hydrogens is 360 g/mol. The van der Waals surface area contributed by atoms with E-state index in [4.69, 9.17) is 14.2 Å². The third-order valence-electron chi connectivity index (χ3n) is 3.42. The number of carbonyl (C=O) groups excluding carboxylic acids is 1. The van der Waals surface area contributed by atoms with Gasteiger partial charge in [-0.1, -0.05) is 15.9 Å². The number of rotatable bonds is 4. The molecule has 0 amide bonds. The lowest BCUT2D eigenvalue weighted by Gasteiger charge is -2.20. The first kappa shape index (κ1) is 15.6. The summed E-state index contributed by atoms with van der Waals surface area (Å²) in [5.74, 6) is 1.98. The van der Waals surface area contributed by atoms with E-state index in [-0.39, 0.29) is 5.78 Å². The van der Waals surface area contributed by atoms with Crippen LogP contribution in [0.25, 0.3) is 6.08 Å². The molecule has 0 fully saturated rings. The third kappa shape index (κ3) is 3.56. The fraction of sp³-hybridized carbons (Fsp3) is 0.167. The molecule has 1 aliphatic rings. The van der Waals surface area contributed by atoms with Crippen LogP contribution in [0.2, 0.25) is 0 Å². The van der Waals surface area contributed by atoms with E-state index in [0.717, 1.165) is 15.8 Å². The molecule has 0 spiro atoms. The normalized spacial score (nSPS) is 13.1. The zero-order chi connectivity index (χ0) is 16.2. The van der Waals surface area contributed by atoms with Crippen molar-refractivity contribution >= 4 is 27.8 Å². The minimum Gasteiger partial charge on any atom is -0.497 e. The second-order valence-electron chi connectivity index (χ2n) is 4.95. The number of benzene rings is 2. The Morgan fingerprint density at radius 3 is 2.65 bits per heavy atom. The van der Waals surface area contributed by atoms with Crippen molar-refractivity contribution < 1.29 is 19.0 Å². The van der Waals surface area contributed by atoms with Gasteiger partial charge in [-0.25, -0.2) is 0 Å². The summed E-state index contributed by atoms with van der Waals surface area (Å²) in [6.07, 6.45) is 3.27. The fourth-order valence-electron chi connectivity index (χ4n) is 2.29. The minimum atomic E-state index is -0.0851. The van der Waals surface area contributed by atoms with Gasteiger partial charge in [0.25, 0.3) is 0 Å². The van der Waals surface area contributed by atoms with E-state index in [1.54, 1.807) is 37.5 Å². The monoisotopic (exact) mass is 374 g/mol. The van der Waals surface area contributed by atoms with E-state index in [1.807, 2.05) is 12.1 Å². The Bertz CT molecular complexity index is 750. The number of fused-ring (bicyclic) bond motifs is 1. The zero-order valence-electron chi connectivity index (χ0n) is 12.5. The van der Waals surface area contributed by atoms with Gasteiger partial charge in [-0.2, -0.15) is 0 Å². The van der Waals surface area contributed by atoms with Crippen LogP contribution in [-0.2, 0) is 0 Å². The predicted octanol–water partition coefficient (Wildman–Crippen LogP) is 4.13. The summed E-state index contributed by atoms with van der Waals surface area (Å²) in [5, 5.41) is 0. The van der Waals surface area contributed by atoms with Crippen LogP contribution in [0, 0.1) is 0 Å². The van der Waals surface area contributed by atoms with Gasteiger partial charge in [-0.15, -0.1) is 0 Å². The van der Waals surface area contributed by atoms with Crippen molar-refractivity contribution in [2.45, 2.75) is 0 Å². The Kier molecular flexibility index (Phi) is 4.67. The number of hydrogen-bond acceptors (Lipinski definition) is 4. The van der Waals surface area contributed by atoms with Gasteiger partial charge in [-0.05, 0) is 48.6 Å².